The van der Waals surface area contributed by atoms with Gasteiger partial charge in [0.05, 0.1) is 0 Å². The van der Waals surface area contributed by atoms with Gasteiger partial charge >= 0.3 is 0 Å². The molecule has 6 aromatic rings. The van der Waals surface area contributed by atoms with Crippen LogP contribution in [0.25, 0.3) is 32.7 Å². The largest absolute Gasteiger partial charge is 0.339 e. The third-order valence-corrected chi connectivity index (χ3v) is 13.2. The van der Waals surface area contributed by atoms with E-state index in [0.717, 1.165) is 53.5 Å². The van der Waals surface area contributed by atoms with Gasteiger partial charge in [0.25, 0.3) is 5.24 Å². The summed E-state index contributed by atoms with van der Waals surface area (Å²) in [6.07, 6.45) is 0. The lowest BCUT2D eigenvalue weighted by molar-refractivity contribution is 0.241. The van der Waals surface area contributed by atoms with Gasteiger partial charge in [0.1, 0.15) is 0 Å². The number of rotatable bonds is 5. The predicted molar refractivity (Wildman–Crippen MR) is 178 cm³/mol. The van der Waals surface area contributed by atoms with E-state index in [1.807, 2.05) is 12.1 Å². The summed E-state index contributed by atoms with van der Waals surface area (Å²) in [5.74, 6) is 0. The van der Waals surface area contributed by atoms with Crippen LogP contribution in [0.15, 0.2) is 138 Å². The van der Waals surface area contributed by atoms with E-state index in [1.54, 1.807) is 19.0 Å². The van der Waals surface area contributed by atoms with E-state index in [2.05, 4.69) is 121 Å². The number of amides is 1. The van der Waals surface area contributed by atoms with Crippen LogP contribution < -0.4 is 15.9 Å². The van der Waals surface area contributed by atoms with Crippen LogP contribution in [-0.4, -0.2) is 24.2 Å². The number of thioether (sulfide) groups is 1. The molecule has 0 atom stereocenters. The number of benzene rings is 6. The van der Waals surface area contributed by atoms with Gasteiger partial charge in [-0.3, -0.25) is 4.79 Å². The second-order valence-electron chi connectivity index (χ2n) is 9.88. The van der Waals surface area contributed by atoms with Crippen molar-refractivity contribution in [2.75, 3.05) is 14.1 Å². The van der Waals surface area contributed by atoms with E-state index >= 15 is 0 Å². The lowest BCUT2D eigenvalue weighted by Crippen LogP contribution is -2.26. The molecule has 6 rings (SSSR count). The van der Waals surface area contributed by atoms with Gasteiger partial charge in [0.15, 0.2) is 0 Å². The summed E-state index contributed by atoms with van der Waals surface area (Å²) in [4.78, 5) is 15.7. The molecule has 0 radical (unpaired) electrons. The van der Waals surface area contributed by atoms with E-state index in [4.69, 9.17) is 11.8 Å². The van der Waals surface area contributed by atoms with Crippen molar-refractivity contribution < 1.29 is 4.79 Å². The fourth-order valence-electron chi connectivity index (χ4n) is 5.27. The zero-order chi connectivity index (χ0) is 27.7. The van der Waals surface area contributed by atoms with E-state index in [1.165, 1.54) is 11.8 Å². The van der Waals surface area contributed by atoms with Crippen molar-refractivity contribution in [1.29, 1.82) is 0 Å². The molecule has 5 heteroatoms. The summed E-state index contributed by atoms with van der Waals surface area (Å²) >= 11 is 8.15. The van der Waals surface area contributed by atoms with Gasteiger partial charge in [-0.15, -0.1) is 0 Å². The molecule has 196 valence electrons. The molecule has 0 aromatic heterocycles. The van der Waals surface area contributed by atoms with Gasteiger partial charge in [0.2, 0.25) is 0 Å². The number of hydrogen-bond donors (Lipinski definition) is 0. The monoisotopic (exact) mass is 573 g/mol. The zero-order valence-electron chi connectivity index (χ0n) is 22.3. The molecule has 0 saturated heterocycles. The van der Waals surface area contributed by atoms with E-state index in [0.29, 0.717) is 0 Å². The van der Waals surface area contributed by atoms with Crippen molar-refractivity contribution in [3.63, 3.8) is 0 Å². The highest BCUT2D eigenvalue weighted by molar-refractivity contribution is 8.25. The minimum Gasteiger partial charge on any atom is -0.339 e. The number of carbonyl (C=O) groups excluding carboxylic acids is 1. The Morgan fingerprint density at radius 1 is 0.600 bits per heavy atom. The molecule has 0 aliphatic carbocycles. The first-order chi connectivity index (χ1) is 19.5. The average molecular weight is 574 g/mol. The second kappa shape index (κ2) is 11.1. The lowest BCUT2D eigenvalue weighted by Gasteiger charge is -2.28. The molecule has 0 fully saturated rings. The Morgan fingerprint density at radius 2 is 1.07 bits per heavy atom. The van der Waals surface area contributed by atoms with Crippen LogP contribution in [0.4, 0.5) is 4.79 Å². The molecule has 0 bridgehead atoms. The molecule has 0 saturated carbocycles. The van der Waals surface area contributed by atoms with Crippen LogP contribution in [0.3, 0.4) is 0 Å². The zero-order valence-corrected chi connectivity index (χ0v) is 24.8. The summed E-state index contributed by atoms with van der Waals surface area (Å²) in [5, 5.41) is 7.93. The molecule has 2 nitrogen and oxygen atoms in total. The van der Waals surface area contributed by atoms with Crippen LogP contribution in [0, 0.1) is 0 Å². The van der Waals surface area contributed by atoms with Gasteiger partial charge in [-0.05, 0) is 50.0 Å². The molecule has 6 aromatic carbocycles. The molecular formula is C35H28NOPS2. The molecular weight excluding hydrogens is 545 g/mol. The Bertz CT molecular complexity index is 1860. The second-order valence-corrected chi connectivity index (χ2v) is 15.3. The highest BCUT2D eigenvalue weighted by Gasteiger charge is 2.30. The van der Waals surface area contributed by atoms with Crippen LogP contribution in [0.5, 0.6) is 0 Å². The minimum atomic E-state index is -2.51. The third kappa shape index (κ3) is 4.67. The maximum atomic E-state index is 13.1. The maximum absolute atomic E-state index is 13.1. The summed E-state index contributed by atoms with van der Waals surface area (Å²) in [5.41, 5.74) is 2.17. The first kappa shape index (κ1) is 26.5. The molecule has 0 aliphatic rings. The van der Waals surface area contributed by atoms with Crippen LogP contribution >= 0.6 is 17.8 Å². The highest BCUT2D eigenvalue weighted by Crippen LogP contribution is 2.50. The SMILES string of the molecule is CN(C)C(=O)Sc1ccc2ccccc2c1-c1c(P(=S)(c2ccccc2)c2ccccc2)ccc2ccccc12. The van der Waals surface area contributed by atoms with Crippen molar-refractivity contribution in [3.05, 3.63) is 133 Å². The molecule has 40 heavy (non-hydrogen) atoms. The normalized spacial score (nSPS) is 11.6. The molecule has 1 amide bonds. The third-order valence-electron chi connectivity index (χ3n) is 7.19. The van der Waals surface area contributed by atoms with Crippen molar-refractivity contribution in [3.8, 4) is 11.1 Å². The van der Waals surface area contributed by atoms with E-state index in [9.17, 15) is 4.79 Å². The number of nitrogens with zero attached hydrogens (tertiary/aromatic N) is 1. The molecule has 0 N–H and O–H groups in total. The number of fused-ring (bicyclic) bond motifs is 2. The Labute approximate surface area is 244 Å². The fourth-order valence-corrected chi connectivity index (χ4v) is 10.1. The average Bonchev–Trinajstić information content (AvgIpc) is 3.01. The number of carbonyl (C=O) groups is 1. The van der Waals surface area contributed by atoms with Crippen molar-refractivity contribution >= 4 is 72.3 Å². The Kier molecular flexibility index (Phi) is 7.33. The smallest absolute Gasteiger partial charge is 0.285 e. The van der Waals surface area contributed by atoms with Gasteiger partial charge in [-0.2, -0.15) is 0 Å². The molecule has 0 aliphatic heterocycles. The predicted octanol–water partition coefficient (Wildman–Crippen LogP) is 8.19. The first-order valence-corrected chi connectivity index (χ1v) is 16.7. The quantitative estimate of drug-likeness (QED) is 0.153. The Morgan fingerprint density at radius 3 is 1.62 bits per heavy atom. The van der Waals surface area contributed by atoms with Crippen molar-refractivity contribution in [2.45, 2.75) is 4.90 Å². The first-order valence-electron chi connectivity index (χ1n) is 13.1. The Hall–Kier alpha value is -3.69. The fraction of sp³-hybridized carbons (Fsp3) is 0.0571. The summed E-state index contributed by atoms with van der Waals surface area (Å²) in [6, 6.07) is 44.1. The topological polar surface area (TPSA) is 20.3 Å². The van der Waals surface area contributed by atoms with Crippen LogP contribution in [-0.2, 0) is 11.8 Å². The van der Waals surface area contributed by atoms with Crippen LogP contribution in [0.1, 0.15) is 0 Å². The standard InChI is InChI=1S/C35H28NOPS2/c1-36(2)35(37)40-32-24-22-26-14-10-12-20-30(26)34(32)33-29-19-11-9-13-25(29)21-23-31(33)38(39,27-15-5-3-6-16-27)28-17-7-4-8-18-28/h3-24H,1-2H3. The van der Waals surface area contributed by atoms with Crippen molar-refractivity contribution in [1.82, 2.24) is 4.90 Å². The van der Waals surface area contributed by atoms with E-state index in [-0.39, 0.29) is 5.24 Å². The van der Waals surface area contributed by atoms with Gasteiger partial charge in [-0.1, -0.05) is 139 Å². The Balaban J connectivity index is 1.79. The molecule has 0 heterocycles. The molecule has 0 unspecified atom stereocenters. The minimum absolute atomic E-state index is 0.0103. The summed E-state index contributed by atoms with van der Waals surface area (Å²) in [6.45, 7) is 0. The van der Waals surface area contributed by atoms with Gasteiger partial charge in [0, 0.05) is 41.5 Å². The highest BCUT2D eigenvalue weighted by atomic mass is 32.4. The lowest BCUT2D eigenvalue weighted by atomic mass is 9.94. The maximum Gasteiger partial charge on any atom is 0.285 e. The van der Waals surface area contributed by atoms with Gasteiger partial charge < -0.3 is 4.90 Å². The van der Waals surface area contributed by atoms with E-state index < -0.39 is 6.04 Å². The van der Waals surface area contributed by atoms with Gasteiger partial charge in [-0.25, -0.2) is 0 Å². The number of hydrogen-bond acceptors (Lipinski definition) is 3. The van der Waals surface area contributed by atoms with Crippen molar-refractivity contribution in [2.24, 2.45) is 0 Å². The summed E-state index contributed by atoms with van der Waals surface area (Å²) in [7, 11) is 3.59. The summed E-state index contributed by atoms with van der Waals surface area (Å²) < 4.78 is 0. The van der Waals surface area contributed by atoms with Crippen LogP contribution in [0.2, 0.25) is 0 Å². The molecule has 0 spiro atoms.